The highest BCUT2D eigenvalue weighted by Crippen LogP contribution is 2.37. The Morgan fingerprint density at radius 1 is 1.32 bits per heavy atom. The smallest absolute Gasteiger partial charge is 0.420 e. The molecular weight excluding hydrogens is 259 g/mol. The van der Waals surface area contributed by atoms with Crippen LogP contribution in [0.15, 0.2) is 16.5 Å². The summed E-state index contributed by atoms with van der Waals surface area (Å²) in [7, 11) is 0. The Hall–Kier alpha value is -1.85. The lowest BCUT2D eigenvalue weighted by Crippen LogP contribution is -2.07. The molecule has 0 radical (unpaired) electrons. The van der Waals surface area contributed by atoms with E-state index in [2.05, 4.69) is 4.98 Å². The molecule has 1 heterocycles. The van der Waals surface area contributed by atoms with Gasteiger partial charge in [0.1, 0.15) is 11.1 Å². The van der Waals surface area contributed by atoms with E-state index in [0.29, 0.717) is 0 Å². The number of ketones is 1. The Morgan fingerprint density at radius 3 is 2.42 bits per heavy atom. The maximum absolute atomic E-state index is 13.0. The van der Waals surface area contributed by atoms with E-state index in [0.717, 1.165) is 6.07 Å². The van der Waals surface area contributed by atoms with E-state index in [-0.39, 0.29) is 28.5 Å². The van der Waals surface area contributed by atoms with Crippen molar-refractivity contribution in [3.8, 4) is 0 Å². The lowest BCUT2D eigenvalue weighted by atomic mass is 10.1. The van der Waals surface area contributed by atoms with Crippen molar-refractivity contribution in [3.05, 3.63) is 29.2 Å². The summed E-state index contributed by atoms with van der Waals surface area (Å²) in [6.07, 6.45) is -4.59. The normalized spacial score (nSPS) is 12.4. The van der Waals surface area contributed by atoms with Crippen molar-refractivity contribution < 1.29 is 22.4 Å². The molecule has 0 aliphatic rings. The fraction of sp³-hybridized carbons (Fsp3) is 0.385. The number of rotatable bonds is 2. The third-order valence-electron chi connectivity index (χ3n) is 2.71. The monoisotopic (exact) mass is 271 g/mol. The highest BCUT2D eigenvalue weighted by molar-refractivity contribution is 5.98. The van der Waals surface area contributed by atoms with Crippen LogP contribution in [0.1, 0.15) is 48.5 Å². The molecule has 0 amide bonds. The average molecular weight is 271 g/mol. The van der Waals surface area contributed by atoms with Crippen LogP contribution in [0.3, 0.4) is 0 Å². The van der Waals surface area contributed by atoms with E-state index in [1.54, 1.807) is 13.8 Å². The van der Waals surface area contributed by atoms with Crippen molar-refractivity contribution in [1.29, 1.82) is 0 Å². The summed E-state index contributed by atoms with van der Waals surface area (Å²) in [5.74, 6) is -0.350. The van der Waals surface area contributed by atoms with Crippen molar-refractivity contribution in [2.24, 2.45) is 0 Å². The van der Waals surface area contributed by atoms with Crippen molar-refractivity contribution in [2.45, 2.75) is 32.9 Å². The van der Waals surface area contributed by atoms with E-state index >= 15 is 0 Å². The van der Waals surface area contributed by atoms with E-state index in [1.807, 2.05) is 0 Å². The Labute approximate surface area is 107 Å². The fourth-order valence-corrected chi connectivity index (χ4v) is 1.71. The second kappa shape index (κ2) is 4.36. The molecule has 0 saturated heterocycles. The molecule has 0 unspecified atom stereocenters. The number of alkyl halides is 3. The highest BCUT2D eigenvalue weighted by atomic mass is 19.4. The van der Waals surface area contributed by atoms with Crippen LogP contribution in [-0.2, 0) is 6.18 Å². The Bertz CT molecular complexity index is 641. The summed E-state index contributed by atoms with van der Waals surface area (Å²) in [4.78, 5) is 15.3. The zero-order valence-electron chi connectivity index (χ0n) is 10.6. The topological polar surface area (TPSA) is 43.1 Å². The van der Waals surface area contributed by atoms with Crippen LogP contribution in [0.4, 0.5) is 13.2 Å². The second-order valence-electron chi connectivity index (χ2n) is 4.63. The van der Waals surface area contributed by atoms with Crippen LogP contribution in [0.25, 0.3) is 11.1 Å². The first-order valence-corrected chi connectivity index (χ1v) is 5.72. The summed E-state index contributed by atoms with van der Waals surface area (Å²) >= 11 is 0. The third-order valence-corrected chi connectivity index (χ3v) is 2.71. The minimum Gasteiger partial charge on any atom is -0.440 e. The zero-order valence-corrected chi connectivity index (χ0v) is 10.6. The number of hydrogen-bond donors (Lipinski definition) is 0. The van der Waals surface area contributed by atoms with Crippen LogP contribution >= 0.6 is 0 Å². The SMILES string of the molecule is CC(=O)c1cc(C(F)(F)F)c2oc(C(C)C)nc2c1. The first-order valence-electron chi connectivity index (χ1n) is 5.72. The molecule has 0 fully saturated rings. The lowest BCUT2D eigenvalue weighted by Gasteiger charge is -2.07. The Morgan fingerprint density at radius 2 is 1.95 bits per heavy atom. The molecule has 19 heavy (non-hydrogen) atoms. The molecule has 0 aliphatic heterocycles. The number of halogens is 3. The molecule has 0 N–H and O–H groups in total. The van der Waals surface area contributed by atoms with Gasteiger partial charge in [0, 0.05) is 11.5 Å². The molecule has 2 aromatic rings. The molecular formula is C13H12F3NO2. The summed E-state index contributed by atoms with van der Waals surface area (Å²) < 4.78 is 44.1. The number of carbonyl (C=O) groups excluding carboxylic acids is 1. The van der Waals surface area contributed by atoms with Crippen molar-refractivity contribution in [1.82, 2.24) is 4.98 Å². The minimum absolute atomic E-state index is 0.0246. The van der Waals surface area contributed by atoms with Gasteiger partial charge in [-0.3, -0.25) is 4.79 Å². The molecule has 0 aliphatic carbocycles. The number of Topliss-reactive ketones (excluding diaryl/α,β-unsaturated/α-hetero) is 1. The number of fused-ring (bicyclic) bond motifs is 1. The average Bonchev–Trinajstić information content (AvgIpc) is 2.69. The molecule has 0 spiro atoms. The van der Waals surface area contributed by atoms with Gasteiger partial charge < -0.3 is 4.42 Å². The minimum atomic E-state index is -4.59. The summed E-state index contributed by atoms with van der Waals surface area (Å²) in [5.41, 5.74) is -1.25. The number of hydrogen-bond acceptors (Lipinski definition) is 3. The third kappa shape index (κ3) is 2.47. The number of benzene rings is 1. The zero-order chi connectivity index (χ0) is 14.4. The highest BCUT2D eigenvalue weighted by Gasteiger charge is 2.35. The standard InChI is InChI=1S/C13H12F3NO2/c1-6(2)12-17-10-5-8(7(3)18)4-9(11(10)19-12)13(14,15)16/h4-6H,1-3H3. The predicted octanol–water partition coefficient (Wildman–Crippen LogP) is 4.17. The van der Waals surface area contributed by atoms with Crippen LogP contribution in [0.2, 0.25) is 0 Å². The molecule has 0 bridgehead atoms. The molecule has 0 saturated carbocycles. The summed E-state index contributed by atoms with van der Waals surface area (Å²) in [6.45, 7) is 4.75. The van der Waals surface area contributed by atoms with Gasteiger partial charge in [-0.2, -0.15) is 13.2 Å². The van der Waals surface area contributed by atoms with Crippen LogP contribution in [-0.4, -0.2) is 10.8 Å². The van der Waals surface area contributed by atoms with Gasteiger partial charge in [-0.25, -0.2) is 4.98 Å². The van der Waals surface area contributed by atoms with Gasteiger partial charge in [-0.1, -0.05) is 13.8 Å². The van der Waals surface area contributed by atoms with Gasteiger partial charge in [0.15, 0.2) is 17.3 Å². The largest absolute Gasteiger partial charge is 0.440 e. The van der Waals surface area contributed by atoms with E-state index in [9.17, 15) is 18.0 Å². The Kier molecular flexibility index (Phi) is 3.12. The van der Waals surface area contributed by atoms with Crippen LogP contribution in [0, 0.1) is 0 Å². The maximum Gasteiger partial charge on any atom is 0.420 e. The van der Waals surface area contributed by atoms with Crippen molar-refractivity contribution in [2.75, 3.05) is 0 Å². The van der Waals surface area contributed by atoms with Gasteiger partial charge in [-0.05, 0) is 19.1 Å². The quantitative estimate of drug-likeness (QED) is 0.770. The van der Waals surface area contributed by atoms with Crippen molar-refractivity contribution >= 4 is 16.9 Å². The molecule has 102 valence electrons. The van der Waals surface area contributed by atoms with Crippen molar-refractivity contribution in [3.63, 3.8) is 0 Å². The second-order valence-corrected chi connectivity index (χ2v) is 4.63. The van der Waals surface area contributed by atoms with Gasteiger partial charge in [0.05, 0.1) is 0 Å². The number of oxazole rings is 1. The predicted molar refractivity (Wildman–Crippen MR) is 63.1 cm³/mol. The first-order chi connectivity index (χ1) is 8.70. The van der Waals surface area contributed by atoms with Gasteiger partial charge >= 0.3 is 6.18 Å². The fourth-order valence-electron chi connectivity index (χ4n) is 1.71. The number of carbonyl (C=O) groups is 1. The lowest BCUT2D eigenvalue weighted by molar-refractivity contribution is -0.136. The molecule has 1 aromatic heterocycles. The summed E-state index contributed by atoms with van der Waals surface area (Å²) in [5, 5.41) is 0. The number of nitrogens with zero attached hydrogens (tertiary/aromatic N) is 1. The molecule has 6 heteroatoms. The van der Waals surface area contributed by atoms with Gasteiger partial charge in [0.25, 0.3) is 0 Å². The van der Waals surface area contributed by atoms with E-state index < -0.39 is 17.5 Å². The van der Waals surface area contributed by atoms with Crippen LogP contribution in [0.5, 0.6) is 0 Å². The van der Waals surface area contributed by atoms with E-state index in [4.69, 9.17) is 4.42 Å². The van der Waals surface area contributed by atoms with Gasteiger partial charge in [-0.15, -0.1) is 0 Å². The summed E-state index contributed by atoms with van der Waals surface area (Å²) in [6, 6.07) is 2.13. The van der Waals surface area contributed by atoms with E-state index in [1.165, 1.54) is 13.0 Å². The van der Waals surface area contributed by atoms with Crippen LogP contribution < -0.4 is 0 Å². The Balaban J connectivity index is 2.79. The molecule has 3 nitrogen and oxygen atoms in total. The molecule has 2 rings (SSSR count). The molecule has 0 atom stereocenters. The first kappa shape index (κ1) is 13.6. The molecule has 1 aromatic carbocycles. The number of aromatic nitrogens is 1. The maximum atomic E-state index is 13.0. The van der Waals surface area contributed by atoms with Gasteiger partial charge in [0.2, 0.25) is 0 Å².